The lowest BCUT2D eigenvalue weighted by molar-refractivity contribution is -0.118. The largest absolute Gasteiger partial charge is 0.307 e. The summed E-state index contributed by atoms with van der Waals surface area (Å²) in [7, 11) is -2.07. The van der Waals surface area contributed by atoms with Crippen molar-refractivity contribution in [2.24, 2.45) is 5.92 Å². The number of carbonyl (C=O) groups is 1. The minimum atomic E-state index is -3.45. The fourth-order valence-electron chi connectivity index (χ4n) is 2.43. The Morgan fingerprint density at radius 2 is 2.15 bits per heavy atom. The standard InChI is InChI=1S/C16H20ClN5O3S/c1-20(26(2,24)25)11-15(23)21(9-12-5-6-12)14-10-22(19-16(14)17)13-4-3-7-18-8-13/h3-4,7-8,10,12H,5-6,9,11H2,1-2H3. The van der Waals surface area contributed by atoms with Gasteiger partial charge in [0.2, 0.25) is 15.9 Å². The molecule has 0 aromatic carbocycles. The Labute approximate surface area is 157 Å². The molecule has 0 N–H and O–H groups in total. The molecule has 1 fully saturated rings. The third kappa shape index (κ3) is 4.40. The van der Waals surface area contributed by atoms with Gasteiger partial charge in [-0.05, 0) is 30.9 Å². The van der Waals surface area contributed by atoms with Gasteiger partial charge in [0.1, 0.15) is 5.69 Å². The predicted molar refractivity (Wildman–Crippen MR) is 98.9 cm³/mol. The first-order chi connectivity index (χ1) is 12.3. The van der Waals surface area contributed by atoms with Gasteiger partial charge in [-0.25, -0.2) is 13.1 Å². The zero-order valence-corrected chi connectivity index (χ0v) is 16.1. The molecule has 1 aliphatic rings. The summed E-state index contributed by atoms with van der Waals surface area (Å²) in [5.74, 6) is 0.0674. The number of amides is 1. The van der Waals surface area contributed by atoms with Crippen molar-refractivity contribution < 1.29 is 13.2 Å². The van der Waals surface area contributed by atoms with E-state index in [4.69, 9.17) is 11.6 Å². The number of hydrogen-bond donors (Lipinski definition) is 0. The maximum absolute atomic E-state index is 12.8. The minimum Gasteiger partial charge on any atom is -0.307 e. The molecule has 0 bridgehead atoms. The van der Waals surface area contributed by atoms with Crippen LogP contribution in [0.5, 0.6) is 0 Å². The van der Waals surface area contributed by atoms with Crippen molar-refractivity contribution in [1.29, 1.82) is 0 Å². The van der Waals surface area contributed by atoms with Crippen molar-refractivity contribution in [3.8, 4) is 5.69 Å². The maximum atomic E-state index is 12.8. The summed E-state index contributed by atoms with van der Waals surface area (Å²) in [6.07, 6.45) is 8.11. The van der Waals surface area contributed by atoms with Crippen molar-refractivity contribution in [1.82, 2.24) is 19.1 Å². The molecule has 0 unspecified atom stereocenters. The molecule has 0 atom stereocenters. The number of pyridine rings is 1. The number of halogens is 1. The van der Waals surface area contributed by atoms with E-state index in [1.54, 1.807) is 29.3 Å². The highest BCUT2D eigenvalue weighted by Gasteiger charge is 2.31. The van der Waals surface area contributed by atoms with Gasteiger partial charge in [-0.1, -0.05) is 11.6 Å². The van der Waals surface area contributed by atoms with Gasteiger partial charge in [0.25, 0.3) is 0 Å². The predicted octanol–water partition coefficient (Wildman–Crippen LogP) is 1.56. The molecule has 8 nitrogen and oxygen atoms in total. The van der Waals surface area contributed by atoms with Crippen LogP contribution in [0.2, 0.25) is 5.15 Å². The number of rotatable bonds is 7. The van der Waals surface area contributed by atoms with E-state index >= 15 is 0 Å². The van der Waals surface area contributed by atoms with Gasteiger partial charge < -0.3 is 4.90 Å². The molecule has 3 rings (SSSR count). The first kappa shape index (κ1) is 18.8. The number of sulfonamides is 1. The number of hydrogen-bond acceptors (Lipinski definition) is 5. The number of carbonyl (C=O) groups excluding carboxylic acids is 1. The van der Waals surface area contributed by atoms with Gasteiger partial charge >= 0.3 is 0 Å². The van der Waals surface area contributed by atoms with E-state index in [9.17, 15) is 13.2 Å². The fraction of sp³-hybridized carbons (Fsp3) is 0.438. The summed E-state index contributed by atoms with van der Waals surface area (Å²) in [6, 6.07) is 3.60. The average molecular weight is 398 g/mol. The van der Waals surface area contributed by atoms with Gasteiger partial charge in [0, 0.05) is 19.8 Å². The van der Waals surface area contributed by atoms with E-state index in [-0.39, 0.29) is 17.6 Å². The van der Waals surface area contributed by atoms with Gasteiger partial charge in [0.15, 0.2) is 5.15 Å². The van der Waals surface area contributed by atoms with E-state index in [2.05, 4.69) is 10.1 Å². The van der Waals surface area contributed by atoms with Crippen LogP contribution in [0.3, 0.4) is 0 Å². The zero-order chi connectivity index (χ0) is 18.9. The second-order valence-corrected chi connectivity index (χ2v) is 8.88. The van der Waals surface area contributed by atoms with Gasteiger partial charge in [-0.2, -0.15) is 9.40 Å². The van der Waals surface area contributed by atoms with Crippen LogP contribution in [0.25, 0.3) is 5.69 Å². The van der Waals surface area contributed by atoms with Crippen LogP contribution in [0.4, 0.5) is 5.69 Å². The first-order valence-corrected chi connectivity index (χ1v) is 10.4. The van der Waals surface area contributed by atoms with E-state index in [1.807, 2.05) is 6.07 Å². The first-order valence-electron chi connectivity index (χ1n) is 8.13. The fourth-order valence-corrected chi connectivity index (χ4v) is 3.01. The Hall–Kier alpha value is -1.97. The molecule has 0 spiro atoms. The molecule has 26 heavy (non-hydrogen) atoms. The highest BCUT2D eigenvalue weighted by molar-refractivity contribution is 7.88. The Kier molecular flexibility index (Phi) is 5.31. The van der Waals surface area contributed by atoms with Crippen molar-refractivity contribution in [3.05, 3.63) is 35.9 Å². The van der Waals surface area contributed by atoms with Crippen LogP contribution in [0, 0.1) is 5.92 Å². The van der Waals surface area contributed by atoms with Crippen molar-refractivity contribution >= 4 is 33.2 Å². The van der Waals surface area contributed by atoms with Crippen LogP contribution in [-0.4, -0.2) is 59.8 Å². The van der Waals surface area contributed by atoms with Crippen molar-refractivity contribution in [3.63, 3.8) is 0 Å². The lowest BCUT2D eigenvalue weighted by Gasteiger charge is -2.24. The van der Waals surface area contributed by atoms with E-state index in [1.165, 1.54) is 11.9 Å². The monoisotopic (exact) mass is 397 g/mol. The lowest BCUT2D eigenvalue weighted by Crippen LogP contribution is -2.42. The van der Waals surface area contributed by atoms with Gasteiger partial charge in [-0.3, -0.25) is 9.78 Å². The third-order valence-electron chi connectivity index (χ3n) is 4.22. The summed E-state index contributed by atoms with van der Waals surface area (Å²) in [5, 5.41) is 4.44. The van der Waals surface area contributed by atoms with Gasteiger partial charge in [-0.15, -0.1) is 0 Å². The molecule has 0 aliphatic heterocycles. The molecular formula is C16H20ClN5O3S. The Morgan fingerprint density at radius 1 is 1.42 bits per heavy atom. The molecule has 0 saturated heterocycles. The van der Waals surface area contributed by atoms with Gasteiger partial charge in [0.05, 0.1) is 30.9 Å². The SMILES string of the molecule is CN(CC(=O)N(CC1CC1)c1cn(-c2cccnc2)nc1Cl)S(C)(=O)=O. The summed E-state index contributed by atoms with van der Waals surface area (Å²) < 4.78 is 25.8. The average Bonchev–Trinajstić information content (AvgIpc) is 3.33. The Bertz CT molecular complexity index is 896. The van der Waals surface area contributed by atoms with E-state index in [0.717, 1.165) is 23.4 Å². The molecule has 2 heterocycles. The second-order valence-electron chi connectivity index (χ2n) is 6.43. The summed E-state index contributed by atoms with van der Waals surface area (Å²) in [4.78, 5) is 18.4. The molecular weight excluding hydrogens is 378 g/mol. The van der Waals surface area contributed by atoms with Crippen LogP contribution in [0.15, 0.2) is 30.7 Å². The normalized spacial score (nSPS) is 14.6. The second kappa shape index (κ2) is 7.34. The Balaban J connectivity index is 1.88. The number of anilines is 1. The topological polar surface area (TPSA) is 88.4 Å². The zero-order valence-electron chi connectivity index (χ0n) is 14.5. The summed E-state index contributed by atoms with van der Waals surface area (Å²) in [5.41, 5.74) is 1.18. The maximum Gasteiger partial charge on any atom is 0.242 e. The lowest BCUT2D eigenvalue weighted by atomic mass is 10.3. The van der Waals surface area contributed by atoms with Crippen LogP contribution < -0.4 is 4.90 Å². The quantitative estimate of drug-likeness (QED) is 0.707. The number of likely N-dealkylation sites (N-methyl/N-ethyl adjacent to an activating group) is 1. The summed E-state index contributed by atoms with van der Waals surface area (Å²) in [6.45, 7) is 0.245. The van der Waals surface area contributed by atoms with Crippen LogP contribution in [0.1, 0.15) is 12.8 Å². The molecule has 1 saturated carbocycles. The number of aromatic nitrogens is 3. The van der Waals surface area contributed by atoms with E-state index < -0.39 is 10.0 Å². The third-order valence-corrected chi connectivity index (χ3v) is 5.75. The molecule has 140 valence electrons. The molecule has 1 amide bonds. The minimum absolute atomic E-state index is 0.185. The summed E-state index contributed by atoms with van der Waals surface area (Å²) >= 11 is 6.29. The molecule has 10 heteroatoms. The molecule has 0 radical (unpaired) electrons. The smallest absolute Gasteiger partial charge is 0.242 e. The van der Waals surface area contributed by atoms with Crippen molar-refractivity contribution in [2.75, 3.05) is 31.3 Å². The Morgan fingerprint density at radius 3 is 2.73 bits per heavy atom. The highest BCUT2D eigenvalue weighted by atomic mass is 35.5. The van der Waals surface area contributed by atoms with E-state index in [0.29, 0.717) is 23.8 Å². The number of nitrogens with zero attached hydrogens (tertiary/aromatic N) is 5. The molecule has 2 aromatic rings. The highest BCUT2D eigenvalue weighted by Crippen LogP contribution is 2.34. The van der Waals surface area contributed by atoms with Crippen LogP contribution >= 0.6 is 11.6 Å². The van der Waals surface area contributed by atoms with Crippen LogP contribution in [-0.2, 0) is 14.8 Å². The molecule has 1 aliphatic carbocycles. The molecule has 2 aromatic heterocycles. The van der Waals surface area contributed by atoms with Crippen molar-refractivity contribution in [2.45, 2.75) is 12.8 Å².